The van der Waals surface area contributed by atoms with E-state index in [1.54, 1.807) is 0 Å². The molecular formula is C3H6BNO2. The van der Waals surface area contributed by atoms with Crippen molar-refractivity contribution in [1.82, 2.24) is 5.23 Å². The predicted octanol–water partition coefficient (Wildman–Crippen LogP) is -0.866. The Hall–Kier alpha value is -0.505. The van der Waals surface area contributed by atoms with Gasteiger partial charge in [0, 0.05) is 0 Å². The average molecular weight is 98.9 g/mol. The van der Waals surface area contributed by atoms with Crippen molar-refractivity contribution in [3.8, 4) is 0 Å². The first-order valence-electron chi connectivity index (χ1n) is 1.92. The third-order valence-corrected chi connectivity index (χ3v) is 0.483. The first-order chi connectivity index (χ1) is 3.27. The molecule has 2 N–H and O–H groups in total. The van der Waals surface area contributed by atoms with Crippen molar-refractivity contribution >= 4 is 14.0 Å². The molecule has 0 aliphatic carbocycles. The molecule has 0 atom stereocenters. The summed E-state index contributed by atoms with van der Waals surface area (Å²) < 4.78 is 0. The molecule has 0 aromatic carbocycles. The van der Waals surface area contributed by atoms with E-state index >= 15 is 0 Å². The molecule has 3 nitrogen and oxygen atoms in total. The standard InChI is InChI=1S/C3H6BNO2/c4-5-2-1-3(6)7/h5H,1-2H2,(H,6,7). The Labute approximate surface area is 43.1 Å². The van der Waals surface area contributed by atoms with Crippen LogP contribution >= 0.6 is 0 Å². The minimum absolute atomic E-state index is 0.0799. The van der Waals surface area contributed by atoms with Gasteiger partial charge in [0.25, 0.3) is 0 Å². The highest BCUT2D eigenvalue weighted by Gasteiger charge is 1.90. The number of carboxylic acid groups (broad SMARTS) is 1. The molecule has 0 aliphatic rings. The van der Waals surface area contributed by atoms with Gasteiger partial charge in [0.2, 0.25) is 0 Å². The van der Waals surface area contributed by atoms with Crippen LogP contribution in [0.4, 0.5) is 0 Å². The van der Waals surface area contributed by atoms with Gasteiger partial charge >= 0.3 is 5.97 Å². The molecule has 0 saturated carbocycles. The molecule has 0 heterocycles. The lowest BCUT2D eigenvalue weighted by molar-refractivity contribution is -0.136. The molecule has 0 saturated heterocycles. The van der Waals surface area contributed by atoms with Crippen LogP contribution in [-0.4, -0.2) is 25.6 Å². The van der Waals surface area contributed by atoms with Gasteiger partial charge in [-0.25, -0.2) is 0 Å². The van der Waals surface area contributed by atoms with Crippen molar-refractivity contribution < 1.29 is 9.90 Å². The molecule has 4 heteroatoms. The van der Waals surface area contributed by atoms with Crippen LogP contribution in [0.3, 0.4) is 0 Å². The van der Waals surface area contributed by atoms with Gasteiger partial charge < -0.3 is 10.3 Å². The molecule has 0 aromatic heterocycles. The normalized spacial score (nSPS) is 8.57. The predicted molar refractivity (Wildman–Crippen MR) is 26.0 cm³/mol. The van der Waals surface area contributed by atoms with Crippen LogP contribution in [-0.2, 0) is 4.79 Å². The van der Waals surface area contributed by atoms with Crippen molar-refractivity contribution in [2.45, 2.75) is 6.42 Å². The Morgan fingerprint density at radius 2 is 2.43 bits per heavy atom. The first kappa shape index (κ1) is 6.49. The maximum absolute atomic E-state index is 9.66. The van der Waals surface area contributed by atoms with Gasteiger partial charge in [-0.15, -0.1) is 0 Å². The number of carbonyl (C=O) groups is 1. The molecule has 2 radical (unpaired) electrons. The maximum Gasteiger partial charge on any atom is 0.304 e. The van der Waals surface area contributed by atoms with Crippen LogP contribution in [0.5, 0.6) is 0 Å². The van der Waals surface area contributed by atoms with Crippen LogP contribution in [0.25, 0.3) is 0 Å². The zero-order valence-corrected chi connectivity index (χ0v) is 3.85. The van der Waals surface area contributed by atoms with Crippen LogP contribution in [0.1, 0.15) is 6.42 Å². The first-order valence-corrected chi connectivity index (χ1v) is 1.92. The van der Waals surface area contributed by atoms with Gasteiger partial charge in [-0.2, -0.15) is 0 Å². The molecule has 0 spiro atoms. The van der Waals surface area contributed by atoms with Crippen molar-refractivity contribution in [2.75, 3.05) is 6.54 Å². The van der Waals surface area contributed by atoms with Gasteiger partial charge in [0.1, 0.15) is 0 Å². The second-order valence-corrected chi connectivity index (χ2v) is 1.10. The molecule has 38 valence electrons. The van der Waals surface area contributed by atoms with Gasteiger partial charge in [-0.1, -0.05) is 0 Å². The second kappa shape index (κ2) is 3.68. The minimum atomic E-state index is -0.835. The fourth-order valence-electron chi connectivity index (χ4n) is 0.179. The number of aliphatic carboxylic acids is 1. The third-order valence-electron chi connectivity index (χ3n) is 0.483. The van der Waals surface area contributed by atoms with Crippen molar-refractivity contribution in [3.05, 3.63) is 0 Å². The summed E-state index contributed by atoms with van der Waals surface area (Å²) in [7, 11) is 4.76. The summed E-state index contributed by atoms with van der Waals surface area (Å²) in [5.41, 5.74) is 0. The monoisotopic (exact) mass is 99.0 g/mol. The van der Waals surface area contributed by atoms with Crippen molar-refractivity contribution in [2.24, 2.45) is 0 Å². The van der Waals surface area contributed by atoms with E-state index in [1.807, 2.05) is 0 Å². The van der Waals surface area contributed by atoms with Gasteiger partial charge in [0.05, 0.1) is 6.42 Å². The Morgan fingerprint density at radius 1 is 1.86 bits per heavy atom. The Balaban J connectivity index is 2.82. The number of hydrogen-bond acceptors (Lipinski definition) is 2. The summed E-state index contributed by atoms with van der Waals surface area (Å²) in [4.78, 5) is 9.66. The molecule has 0 rings (SSSR count). The lowest BCUT2D eigenvalue weighted by atomic mass is 10.3. The van der Waals surface area contributed by atoms with Crippen molar-refractivity contribution in [1.29, 1.82) is 0 Å². The largest absolute Gasteiger partial charge is 0.481 e. The van der Waals surface area contributed by atoms with E-state index in [-0.39, 0.29) is 6.42 Å². The lowest BCUT2D eigenvalue weighted by Gasteiger charge is -1.89. The number of carboxylic acids is 1. The lowest BCUT2D eigenvalue weighted by Crippen LogP contribution is -2.13. The Kier molecular flexibility index (Phi) is 3.41. The summed E-state index contributed by atoms with van der Waals surface area (Å²) in [6.07, 6.45) is 0.0799. The fourth-order valence-corrected chi connectivity index (χ4v) is 0.179. The quantitative estimate of drug-likeness (QED) is 0.452. The van der Waals surface area contributed by atoms with Gasteiger partial charge in [0.15, 0.2) is 7.98 Å². The summed E-state index contributed by atoms with van der Waals surface area (Å²) >= 11 is 0. The zero-order chi connectivity index (χ0) is 5.70. The van der Waals surface area contributed by atoms with Crippen LogP contribution in [0.15, 0.2) is 0 Å². The molecule has 0 aliphatic heterocycles. The van der Waals surface area contributed by atoms with E-state index in [0.29, 0.717) is 6.54 Å². The van der Waals surface area contributed by atoms with Crippen LogP contribution in [0, 0.1) is 0 Å². The van der Waals surface area contributed by atoms with E-state index in [4.69, 9.17) is 13.1 Å². The molecule has 0 amide bonds. The molecular weight excluding hydrogens is 92.8 g/mol. The van der Waals surface area contributed by atoms with E-state index in [1.165, 1.54) is 0 Å². The minimum Gasteiger partial charge on any atom is -0.481 e. The Morgan fingerprint density at radius 3 is 2.57 bits per heavy atom. The SMILES string of the molecule is [B]NCCC(=O)O. The topological polar surface area (TPSA) is 49.3 Å². The average Bonchev–Trinajstić information content (AvgIpc) is 1.61. The molecule has 0 bridgehead atoms. The highest BCUT2D eigenvalue weighted by Crippen LogP contribution is 1.70. The summed E-state index contributed by atoms with van der Waals surface area (Å²) in [6, 6.07) is 0. The molecule has 0 unspecified atom stereocenters. The van der Waals surface area contributed by atoms with Crippen LogP contribution < -0.4 is 5.23 Å². The third kappa shape index (κ3) is 5.49. The highest BCUT2D eigenvalue weighted by molar-refractivity contribution is 6.04. The maximum atomic E-state index is 9.66. The molecule has 0 aromatic rings. The summed E-state index contributed by atoms with van der Waals surface area (Å²) in [6.45, 7) is 0.329. The number of hydrogen-bond donors (Lipinski definition) is 2. The van der Waals surface area contributed by atoms with Crippen molar-refractivity contribution in [3.63, 3.8) is 0 Å². The van der Waals surface area contributed by atoms with E-state index in [2.05, 4.69) is 5.23 Å². The van der Waals surface area contributed by atoms with Gasteiger partial charge in [-0.05, 0) is 6.54 Å². The smallest absolute Gasteiger partial charge is 0.304 e. The second-order valence-electron chi connectivity index (χ2n) is 1.10. The molecule has 0 fully saturated rings. The van der Waals surface area contributed by atoms with E-state index < -0.39 is 5.97 Å². The summed E-state index contributed by atoms with van der Waals surface area (Å²) in [5, 5.41) is 10.2. The Bertz CT molecular complexity index is 66.0. The summed E-state index contributed by atoms with van der Waals surface area (Å²) in [5.74, 6) is -0.835. The number of nitrogens with one attached hydrogen (secondary N) is 1. The van der Waals surface area contributed by atoms with E-state index in [9.17, 15) is 4.79 Å². The van der Waals surface area contributed by atoms with E-state index in [0.717, 1.165) is 0 Å². The number of rotatable bonds is 3. The van der Waals surface area contributed by atoms with Gasteiger partial charge in [-0.3, -0.25) is 4.79 Å². The zero-order valence-electron chi connectivity index (χ0n) is 3.85. The van der Waals surface area contributed by atoms with Crippen LogP contribution in [0.2, 0.25) is 0 Å². The molecule has 7 heavy (non-hydrogen) atoms. The fraction of sp³-hybridized carbons (Fsp3) is 0.667. The highest BCUT2D eigenvalue weighted by atomic mass is 16.4.